The molecule has 0 spiro atoms. The van der Waals surface area contributed by atoms with Gasteiger partial charge in [0, 0.05) is 11.3 Å². The van der Waals surface area contributed by atoms with Crippen molar-refractivity contribution in [3.05, 3.63) is 53.2 Å². The van der Waals surface area contributed by atoms with Crippen LogP contribution in [0.1, 0.15) is 10.9 Å². The van der Waals surface area contributed by atoms with E-state index in [9.17, 15) is 5.21 Å². The lowest BCUT2D eigenvalue weighted by Crippen LogP contribution is -3.05. The zero-order valence-corrected chi connectivity index (χ0v) is 9.67. The molecular weight excluding hydrogens is 218 g/mol. The van der Waals surface area contributed by atoms with E-state index in [1.807, 2.05) is 18.2 Å². The molecule has 0 aromatic heterocycles. The molecule has 0 bridgehead atoms. The van der Waals surface area contributed by atoms with Gasteiger partial charge in [0.2, 0.25) is 0 Å². The van der Waals surface area contributed by atoms with E-state index < -0.39 is 0 Å². The fourth-order valence-electron chi connectivity index (χ4n) is 2.24. The molecule has 2 atom stereocenters. The fourth-order valence-corrected chi connectivity index (χ4v) is 3.49. The highest BCUT2D eigenvalue weighted by atomic mass is 32.2. The third-order valence-electron chi connectivity index (χ3n) is 3.03. The Morgan fingerprint density at radius 3 is 2.75 bits per heavy atom. The van der Waals surface area contributed by atoms with E-state index >= 15 is 0 Å². The first-order chi connectivity index (χ1) is 7.86. The van der Waals surface area contributed by atoms with Crippen molar-refractivity contribution < 1.29 is 5.06 Å². The van der Waals surface area contributed by atoms with Gasteiger partial charge in [-0.25, -0.2) is 0 Å². The van der Waals surface area contributed by atoms with E-state index in [1.54, 1.807) is 11.8 Å². The van der Waals surface area contributed by atoms with Crippen molar-refractivity contribution in [2.24, 2.45) is 0 Å². The Kier molecular flexibility index (Phi) is 2.59. The van der Waals surface area contributed by atoms with E-state index in [0.29, 0.717) is 5.06 Å². The Labute approximate surface area is 98.8 Å². The van der Waals surface area contributed by atoms with Crippen molar-refractivity contribution in [3.63, 3.8) is 0 Å². The highest BCUT2D eigenvalue weighted by Crippen LogP contribution is 2.31. The summed E-state index contributed by atoms with van der Waals surface area (Å²) in [6.07, 6.45) is 0. The molecule has 2 aromatic carbocycles. The molecule has 0 radical (unpaired) electrons. The first-order valence-electron chi connectivity index (χ1n) is 5.48. The molecule has 0 saturated carbocycles. The van der Waals surface area contributed by atoms with Crippen LogP contribution < -0.4 is 5.06 Å². The summed E-state index contributed by atoms with van der Waals surface area (Å²) >= 11 is 1.77. The second kappa shape index (κ2) is 4.09. The van der Waals surface area contributed by atoms with Crippen molar-refractivity contribution in [1.29, 1.82) is 0 Å². The maximum atomic E-state index is 11.8. The molecule has 2 aromatic rings. The summed E-state index contributed by atoms with van der Waals surface area (Å²) in [5, 5.41) is 14.7. The quantitative estimate of drug-likeness (QED) is 0.760. The molecule has 16 heavy (non-hydrogen) atoms. The molecule has 1 heterocycles. The lowest BCUT2D eigenvalue weighted by atomic mass is 10.0. The fraction of sp³-hybridized carbons (Fsp3) is 0.231. The summed E-state index contributed by atoms with van der Waals surface area (Å²) in [5.74, 6) is 0.965. The van der Waals surface area contributed by atoms with Crippen LogP contribution in [-0.4, -0.2) is 12.3 Å². The zero-order valence-electron chi connectivity index (χ0n) is 8.85. The Morgan fingerprint density at radius 1 is 1.12 bits per heavy atom. The second-order valence-electron chi connectivity index (χ2n) is 4.04. The molecule has 82 valence electrons. The largest absolute Gasteiger partial charge is 0.633 e. The van der Waals surface area contributed by atoms with Crippen molar-refractivity contribution in [1.82, 2.24) is 0 Å². The molecule has 2 unspecified atom stereocenters. The number of rotatable bonds is 1. The summed E-state index contributed by atoms with van der Waals surface area (Å²) in [5.41, 5.74) is 1.19. The molecular formula is C13H13NOS. The number of fused-ring (bicyclic) bond motifs is 1. The van der Waals surface area contributed by atoms with Gasteiger partial charge in [-0.05, 0) is 10.8 Å². The lowest BCUT2D eigenvalue weighted by Gasteiger charge is -2.24. The summed E-state index contributed by atoms with van der Waals surface area (Å²) in [4.78, 5) is 0. The van der Waals surface area contributed by atoms with Gasteiger partial charge < -0.3 is 10.3 Å². The lowest BCUT2D eigenvalue weighted by molar-refractivity contribution is -0.856. The third-order valence-corrected chi connectivity index (χ3v) is 4.32. The zero-order chi connectivity index (χ0) is 11.0. The number of nitrogens with one attached hydrogen (secondary N) is 1. The van der Waals surface area contributed by atoms with Crippen molar-refractivity contribution >= 4 is 22.5 Å². The summed E-state index contributed by atoms with van der Waals surface area (Å²) in [7, 11) is 0. The molecule has 1 saturated heterocycles. The molecule has 2 nitrogen and oxygen atoms in total. The molecule has 0 amide bonds. The second-order valence-corrected chi connectivity index (χ2v) is 5.25. The molecule has 0 aliphatic carbocycles. The van der Waals surface area contributed by atoms with Crippen LogP contribution in [0.3, 0.4) is 0 Å². The van der Waals surface area contributed by atoms with Crippen molar-refractivity contribution in [3.8, 4) is 0 Å². The highest BCUT2D eigenvalue weighted by Gasteiger charge is 2.26. The minimum absolute atomic E-state index is 0.0612. The van der Waals surface area contributed by atoms with Crippen LogP contribution in [0, 0.1) is 5.21 Å². The minimum atomic E-state index is 0.0612. The van der Waals surface area contributed by atoms with Gasteiger partial charge in [0.1, 0.15) is 0 Å². The monoisotopic (exact) mass is 231 g/mol. The standard InChI is InChI=1S/C13H13NOS/c15-14-8-9-16-13(14)12-7-3-5-10-4-1-2-6-11(10)12/h1-7,13-14H,8-9H2. The average Bonchev–Trinajstić information content (AvgIpc) is 2.75. The molecule has 1 aliphatic rings. The Hall–Kier alpha value is -1.03. The number of hydrogen-bond donors (Lipinski definition) is 1. The predicted molar refractivity (Wildman–Crippen MR) is 68.3 cm³/mol. The number of hydrogen-bond acceptors (Lipinski definition) is 2. The third kappa shape index (κ3) is 1.61. The first kappa shape index (κ1) is 10.1. The van der Waals surface area contributed by atoms with Crippen molar-refractivity contribution in [2.45, 2.75) is 5.37 Å². The maximum absolute atomic E-state index is 11.8. The number of thioether (sulfide) groups is 1. The van der Waals surface area contributed by atoms with Crippen LogP contribution in [0.25, 0.3) is 10.8 Å². The normalized spacial score (nSPS) is 25.1. The highest BCUT2D eigenvalue weighted by molar-refractivity contribution is 7.99. The van der Waals surface area contributed by atoms with E-state index in [-0.39, 0.29) is 5.37 Å². The van der Waals surface area contributed by atoms with Gasteiger partial charge in [-0.3, -0.25) is 0 Å². The first-order valence-corrected chi connectivity index (χ1v) is 6.53. The Bertz CT molecular complexity index is 509. The van der Waals surface area contributed by atoms with Crippen LogP contribution in [0.4, 0.5) is 0 Å². The Balaban J connectivity index is 2.16. The van der Waals surface area contributed by atoms with Gasteiger partial charge in [-0.15, -0.1) is 0 Å². The van der Waals surface area contributed by atoms with E-state index in [1.165, 1.54) is 16.3 Å². The average molecular weight is 231 g/mol. The van der Waals surface area contributed by atoms with Crippen LogP contribution in [0.15, 0.2) is 42.5 Å². The van der Waals surface area contributed by atoms with Gasteiger partial charge >= 0.3 is 0 Å². The molecule has 3 heteroatoms. The van der Waals surface area contributed by atoms with Crippen LogP contribution >= 0.6 is 11.8 Å². The number of hydroxylamine groups is 2. The van der Waals surface area contributed by atoms with Gasteiger partial charge in [0.25, 0.3) is 0 Å². The minimum Gasteiger partial charge on any atom is -0.633 e. The van der Waals surface area contributed by atoms with Crippen LogP contribution in [-0.2, 0) is 0 Å². The van der Waals surface area contributed by atoms with Crippen LogP contribution in [0.2, 0.25) is 0 Å². The summed E-state index contributed by atoms with van der Waals surface area (Å²) in [6.45, 7) is 0.721. The molecule has 1 fully saturated rings. The van der Waals surface area contributed by atoms with E-state index in [0.717, 1.165) is 12.3 Å². The van der Waals surface area contributed by atoms with Gasteiger partial charge in [-0.1, -0.05) is 54.2 Å². The maximum Gasteiger partial charge on any atom is 0.160 e. The van der Waals surface area contributed by atoms with Gasteiger partial charge in [0.15, 0.2) is 5.37 Å². The van der Waals surface area contributed by atoms with Crippen LogP contribution in [0.5, 0.6) is 0 Å². The number of benzene rings is 2. The summed E-state index contributed by atoms with van der Waals surface area (Å²) in [6, 6.07) is 14.5. The molecule has 1 aliphatic heterocycles. The van der Waals surface area contributed by atoms with Crippen molar-refractivity contribution in [2.75, 3.05) is 12.3 Å². The van der Waals surface area contributed by atoms with E-state index in [4.69, 9.17) is 0 Å². The van der Waals surface area contributed by atoms with Gasteiger partial charge in [0.05, 0.1) is 6.54 Å². The number of quaternary nitrogens is 1. The topological polar surface area (TPSA) is 27.5 Å². The molecule has 1 N–H and O–H groups in total. The predicted octanol–water partition coefficient (Wildman–Crippen LogP) is 1.97. The smallest absolute Gasteiger partial charge is 0.160 e. The molecule has 3 rings (SSSR count). The SMILES string of the molecule is [O-][NH+]1CCSC1c1cccc2ccccc12. The van der Waals surface area contributed by atoms with E-state index in [2.05, 4.69) is 24.3 Å². The summed E-state index contributed by atoms with van der Waals surface area (Å²) < 4.78 is 0. The Morgan fingerprint density at radius 2 is 1.94 bits per heavy atom. The van der Waals surface area contributed by atoms with Gasteiger partial charge in [-0.2, -0.15) is 0 Å².